The van der Waals surface area contributed by atoms with Gasteiger partial charge < -0.3 is 5.21 Å². The quantitative estimate of drug-likeness (QED) is 0.329. The van der Waals surface area contributed by atoms with Crippen molar-refractivity contribution in [3.8, 4) is 0 Å². The Morgan fingerprint density at radius 2 is 2.25 bits per heavy atom. The maximum atomic E-state index is 12.0. The molecule has 2 aromatic rings. The molecule has 82 valence electrons. The van der Waals surface area contributed by atoms with Crippen molar-refractivity contribution >= 4 is 27.2 Å². The van der Waals surface area contributed by atoms with Crippen molar-refractivity contribution in [2.45, 2.75) is 19.3 Å². The van der Waals surface area contributed by atoms with Crippen LogP contribution in [0.5, 0.6) is 0 Å². The van der Waals surface area contributed by atoms with Crippen molar-refractivity contribution in [1.29, 1.82) is 0 Å². The van der Waals surface area contributed by atoms with E-state index in [1.807, 2.05) is 0 Å². The first-order chi connectivity index (χ1) is 7.70. The van der Waals surface area contributed by atoms with Gasteiger partial charge in [0.2, 0.25) is 5.69 Å². The summed E-state index contributed by atoms with van der Waals surface area (Å²) in [7, 11) is 0. The molecule has 2 heterocycles. The number of pyridine rings is 1. The largest absolute Gasteiger partial charge is 0.617 e. The van der Waals surface area contributed by atoms with Crippen LogP contribution in [-0.2, 0) is 12.8 Å². The van der Waals surface area contributed by atoms with Crippen molar-refractivity contribution in [1.82, 2.24) is 0 Å². The topological polar surface area (TPSA) is 70.1 Å². The highest BCUT2D eigenvalue weighted by Crippen LogP contribution is 2.36. The van der Waals surface area contributed by atoms with Gasteiger partial charge in [-0.25, -0.2) is 0 Å². The molecule has 0 aliphatic heterocycles. The van der Waals surface area contributed by atoms with Gasteiger partial charge in [-0.2, -0.15) is 4.73 Å². The van der Waals surface area contributed by atoms with E-state index in [1.54, 1.807) is 11.4 Å². The minimum Gasteiger partial charge on any atom is -0.617 e. The molecule has 0 aromatic carbocycles. The highest BCUT2D eigenvalue weighted by molar-refractivity contribution is 7.16. The van der Waals surface area contributed by atoms with E-state index in [-0.39, 0.29) is 10.6 Å². The monoisotopic (exact) mass is 236 g/mol. The van der Waals surface area contributed by atoms with Gasteiger partial charge in [0.05, 0.1) is 10.5 Å². The van der Waals surface area contributed by atoms with Crippen LogP contribution < -0.4 is 4.73 Å². The highest BCUT2D eigenvalue weighted by atomic mass is 32.1. The lowest BCUT2D eigenvalue weighted by Crippen LogP contribution is -2.32. The van der Waals surface area contributed by atoms with E-state index < -0.39 is 0 Å². The fourth-order valence-electron chi connectivity index (χ4n) is 2.34. The Balaban J connectivity index is 2.50. The van der Waals surface area contributed by atoms with Crippen LogP contribution in [0.4, 0.5) is 5.69 Å². The van der Waals surface area contributed by atoms with Gasteiger partial charge >= 0.3 is 0 Å². The summed E-state index contributed by atoms with van der Waals surface area (Å²) >= 11 is 1.26. The summed E-state index contributed by atoms with van der Waals surface area (Å²) < 4.78 is 0.870. The molecular formula is C10H8N2O3S. The highest BCUT2D eigenvalue weighted by Gasteiger charge is 2.33. The zero-order valence-corrected chi connectivity index (χ0v) is 9.12. The third-order valence-electron chi connectivity index (χ3n) is 2.99. The molecule has 0 unspecified atom stereocenters. The third kappa shape index (κ3) is 1.07. The van der Waals surface area contributed by atoms with Crippen LogP contribution in [0.1, 0.15) is 17.7 Å². The minimum absolute atomic E-state index is 0.135. The number of nitrogens with zero attached hydrogens (tertiary/aromatic N) is 2. The van der Waals surface area contributed by atoms with Crippen LogP contribution in [-0.4, -0.2) is 4.92 Å². The van der Waals surface area contributed by atoms with Gasteiger partial charge in [0, 0.05) is 6.42 Å². The molecule has 0 saturated heterocycles. The van der Waals surface area contributed by atoms with Gasteiger partial charge in [-0.05, 0) is 24.3 Å². The van der Waals surface area contributed by atoms with E-state index >= 15 is 0 Å². The summed E-state index contributed by atoms with van der Waals surface area (Å²) in [5.74, 6) is 0. The molecule has 16 heavy (non-hydrogen) atoms. The minimum atomic E-state index is -0.362. The number of rotatable bonds is 1. The number of fused-ring (bicyclic) bond motifs is 2. The van der Waals surface area contributed by atoms with Crippen LogP contribution in [0.15, 0.2) is 11.4 Å². The van der Waals surface area contributed by atoms with Crippen LogP contribution >= 0.6 is 11.3 Å². The van der Waals surface area contributed by atoms with Crippen LogP contribution in [0, 0.1) is 15.3 Å². The Hall–Kier alpha value is -1.69. The number of thiophene rings is 1. The lowest BCUT2D eigenvalue weighted by atomic mass is 10.1. The molecule has 3 rings (SSSR count). The summed E-state index contributed by atoms with van der Waals surface area (Å²) in [6.07, 6.45) is 2.11. The van der Waals surface area contributed by atoms with E-state index in [2.05, 4.69) is 0 Å². The summed E-state index contributed by atoms with van der Waals surface area (Å²) in [6.45, 7) is 0. The molecule has 0 amide bonds. The molecule has 1 aliphatic carbocycles. The summed E-state index contributed by atoms with van der Waals surface area (Å²) in [5.41, 5.74) is 1.35. The second-order valence-electron chi connectivity index (χ2n) is 3.82. The molecule has 2 aromatic heterocycles. The summed E-state index contributed by atoms with van der Waals surface area (Å²) in [6, 6.07) is 1.66. The van der Waals surface area contributed by atoms with Gasteiger partial charge in [0.1, 0.15) is 5.39 Å². The van der Waals surface area contributed by atoms with Gasteiger partial charge in [-0.3, -0.25) is 10.1 Å². The maximum absolute atomic E-state index is 12.0. The molecule has 0 atom stereocenters. The van der Waals surface area contributed by atoms with Crippen LogP contribution in [0.25, 0.3) is 10.2 Å². The number of hydrogen-bond donors (Lipinski definition) is 0. The first kappa shape index (κ1) is 9.53. The molecule has 5 nitrogen and oxygen atoms in total. The SMILES string of the molecule is O=[N+]([O-])c1c2c([n+]([O-])c3sccc13)CCC2. The van der Waals surface area contributed by atoms with Crippen molar-refractivity contribution in [2.24, 2.45) is 0 Å². The van der Waals surface area contributed by atoms with Crippen molar-refractivity contribution in [2.75, 3.05) is 0 Å². The Morgan fingerprint density at radius 3 is 3.00 bits per heavy atom. The summed E-state index contributed by atoms with van der Waals surface area (Å²) in [4.78, 5) is 11.2. The van der Waals surface area contributed by atoms with Gasteiger partial charge in [-0.15, -0.1) is 0 Å². The average Bonchev–Trinajstić information content (AvgIpc) is 2.84. The van der Waals surface area contributed by atoms with E-state index in [4.69, 9.17) is 0 Å². The Morgan fingerprint density at radius 1 is 1.44 bits per heavy atom. The molecule has 0 bridgehead atoms. The maximum Gasteiger partial charge on any atom is 0.293 e. The smallest absolute Gasteiger partial charge is 0.293 e. The standard InChI is InChI=1S/C10H8N2O3S/c13-11-8-3-1-2-6(8)9(12(14)15)7-4-5-16-10(7)11/h4-5H,1-3H2. The lowest BCUT2D eigenvalue weighted by molar-refractivity contribution is -0.584. The van der Waals surface area contributed by atoms with Crippen LogP contribution in [0.3, 0.4) is 0 Å². The molecule has 0 fully saturated rings. The first-order valence-electron chi connectivity index (χ1n) is 4.99. The first-order valence-corrected chi connectivity index (χ1v) is 5.87. The van der Waals surface area contributed by atoms with Gasteiger partial charge in [0.25, 0.3) is 10.5 Å². The molecule has 0 N–H and O–H groups in total. The predicted octanol–water partition coefficient (Wildman–Crippen LogP) is 1.93. The molecule has 0 spiro atoms. The molecule has 1 aliphatic rings. The molecular weight excluding hydrogens is 228 g/mol. The predicted molar refractivity (Wildman–Crippen MR) is 59.5 cm³/mol. The van der Waals surface area contributed by atoms with E-state index in [1.165, 1.54) is 11.3 Å². The Labute approximate surface area is 94.7 Å². The van der Waals surface area contributed by atoms with Crippen molar-refractivity contribution < 1.29 is 9.65 Å². The fourth-order valence-corrected chi connectivity index (χ4v) is 3.17. The molecule has 6 heteroatoms. The number of aromatic nitrogens is 1. The Bertz CT molecular complexity index is 606. The normalized spacial score (nSPS) is 14.2. The lowest BCUT2D eigenvalue weighted by Gasteiger charge is -2.05. The second kappa shape index (κ2) is 3.15. The Kier molecular flexibility index (Phi) is 1.88. The fraction of sp³-hybridized carbons (Fsp3) is 0.300. The van der Waals surface area contributed by atoms with Gasteiger partial charge in [0.15, 0.2) is 0 Å². The second-order valence-corrected chi connectivity index (χ2v) is 4.71. The zero-order valence-electron chi connectivity index (χ0n) is 8.30. The molecule has 0 saturated carbocycles. The average molecular weight is 236 g/mol. The number of nitro groups is 1. The van der Waals surface area contributed by atoms with E-state index in [9.17, 15) is 15.3 Å². The molecule has 0 radical (unpaired) electrons. The van der Waals surface area contributed by atoms with E-state index in [0.29, 0.717) is 34.3 Å². The summed E-state index contributed by atoms with van der Waals surface area (Å²) in [5, 5.41) is 25.2. The van der Waals surface area contributed by atoms with Crippen LogP contribution in [0.2, 0.25) is 0 Å². The zero-order chi connectivity index (χ0) is 11.3. The van der Waals surface area contributed by atoms with Gasteiger partial charge in [-0.1, -0.05) is 11.3 Å². The number of hydrogen-bond acceptors (Lipinski definition) is 4. The third-order valence-corrected chi connectivity index (χ3v) is 3.87. The van der Waals surface area contributed by atoms with Crippen molar-refractivity contribution in [3.63, 3.8) is 0 Å². The van der Waals surface area contributed by atoms with Crippen molar-refractivity contribution in [3.05, 3.63) is 38.0 Å². The van der Waals surface area contributed by atoms with E-state index in [0.717, 1.165) is 11.2 Å².